The van der Waals surface area contributed by atoms with E-state index >= 15 is 0 Å². The zero-order valence-electron chi connectivity index (χ0n) is 12.4. The molecule has 0 saturated carbocycles. The van der Waals surface area contributed by atoms with Crippen LogP contribution in [0.3, 0.4) is 0 Å². The van der Waals surface area contributed by atoms with Crippen molar-refractivity contribution in [2.45, 2.75) is 25.4 Å². The predicted octanol–water partition coefficient (Wildman–Crippen LogP) is 1.50. The lowest BCUT2D eigenvalue weighted by atomic mass is 10.0. The third-order valence-corrected chi connectivity index (χ3v) is 2.93. The largest absolute Gasteiger partial charge is 0.490 e. The molecule has 1 rings (SSSR count). The Labute approximate surface area is 124 Å². The van der Waals surface area contributed by atoms with Crippen LogP contribution in [-0.4, -0.2) is 43.5 Å². The summed E-state index contributed by atoms with van der Waals surface area (Å²) in [5.74, 6) is -0.596. The highest BCUT2D eigenvalue weighted by Gasteiger charge is 2.20. The van der Waals surface area contributed by atoms with E-state index in [9.17, 15) is 14.3 Å². The van der Waals surface area contributed by atoms with E-state index in [1.807, 2.05) is 0 Å². The summed E-state index contributed by atoms with van der Waals surface area (Å²) in [6.07, 6.45) is 0.518. The van der Waals surface area contributed by atoms with Crippen molar-refractivity contribution in [1.29, 1.82) is 0 Å². The molecule has 1 unspecified atom stereocenters. The third kappa shape index (κ3) is 7.06. The summed E-state index contributed by atoms with van der Waals surface area (Å²) in [6.45, 7) is 2.25. The molecule has 0 heterocycles. The van der Waals surface area contributed by atoms with Gasteiger partial charge in [-0.25, -0.2) is 4.39 Å². The van der Waals surface area contributed by atoms with Crippen molar-refractivity contribution in [3.8, 4) is 5.75 Å². The van der Waals surface area contributed by atoms with Crippen LogP contribution in [0, 0.1) is 5.82 Å². The van der Waals surface area contributed by atoms with Crippen LogP contribution in [0.15, 0.2) is 24.3 Å². The van der Waals surface area contributed by atoms with Crippen molar-refractivity contribution < 1.29 is 23.8 Å². The van der Waals surface area contributed by atoms with E-state index in [1.54, 1.807) is 26.2 Å². The number of hydrogen-bond donors (Lipinski definition) is 2. The fourth-order valence-electron chi connectivity index (χ4n) is 1.60. The average molecular weight is 299 g/mol. The molecule has 1 amide bonds. The molecular formula is C15H22FNO4. The second-order valence-corrected chi connectivity index (χ2v) is 5.05. The van der Waals surface area contributed by atoms with Gasteiger partial charge in [-0.3, -0.25) is 4.79 Å². The summed E-state index contributed by atoms with van der Waals surface area (Å²) in [5, 5.41) is 12.6. The minimum absolute atomic E-state index is 0.0764. The van der Waals surface area contributed by atoms with E-state index in [0.717, 1.165) is 0 Å². The summed E-state index contributed by atoms with van der Waals surface area (Å²) >= 11 is 0. The van der Waals surface area contributed by atoms with E-state index in [-0.39, 0.29) is 31.2 Å². The van der Waals surface area contributed by atoms with Crippen LogP contribution < -0.4 is 10.1 Å². The average Bonchev–Trinajstić information content (AvgIpc) is 2.45. The fraction of sp³-hybridized carbons (Fsp3) is 0.533. The monoisotopic (exact) mass is 299 g/mol. The number of rotatable bonds is 9. The Morgan fingerprint density at radius 1 is 1.38 bits per heavy atom. The first-order chi connectivity index (χ1) is 9.94. The van der Waals surface area contributed by atoms with E-state index < -0.39 is 11.4 Å². The van der Waals surface area contributed by atoms with Gasteiger partial charge in [0.05, 0.1) is 18.6 Å². The molecule has 2 N–H and O–H groups in total. The van der Waals surface area contributed by atoms with Crippen molar-refractivity contribution >= 4 is 5.91 Å². The van der Waals surface area contributed by atoms with Gasteiger partial charge in [0.1, 0.15) is 0 Å². The Morgan fingerprint density at radius 3 is 2.76 bits per heavy atom. The van der Waals surface area contributed by atoms with E-state index in [2.05, 4.69) is 5.32 Å². The molecule has 5 nitrogen and oxygen atoms in total. The van der Waals surface area contributed by atoms with Crippen molar-refractivity contribution in [3.63, 3.8) is 0 Å². The normalized spacial score (nSPS) is 13.5. The van der Waals surface area contributed by atoms with Crippen LogP contribution in [0.5, 0.6) is 5.75 Å². The quantitative estimate of drug-likeness (QED) is 0.725. The molecular weight excluding hydrogens is 277 g/mol. The van der Waals surface area contributed by atoms with Gasteiger partial charge in [-0.15, -0.1) is 0 Å². The molecule has 0 radical (unpaired) electrons. The lowest BCUT2D eigenvalue weighted by Crippen LogP contribution is -2.41. The first kappa shape index (κ1) is 17.4. The second-order valence-electron chi connectivity index (χ2n) is 5.05. The minimum atomic E-state index is -1.02. The summed E-state index contributed by atoms with van der Waals surface area (Å²) in [7, 11) is 1.55. The van der Waals surface area contributed by atoms with Crippen molar-refractivity contribution in [2.24, 2.45) is 0 Å². The van der Waals surface area contributed by atoms with Crippen LogP contribution in [0.1, 0.15) is 19.8 Å². The van der Waals surface area contributed by atoms with Gasteiger partial charge in [0, 0.05) is 26.7 Å². The van der Waals surface area contributed by atoms with Gasteiger partial charge in [0.2, 0.25) is 5.91 Å². The van der Waals surface area contributed by atoms with E-state index in [0.29, 0.717) is 13.0 Å². The fourth-order valence-corrected chi connectivity index (χ4v) is 1.60. The van der Waals surface area contributed by atoms with Gasteiger partial charge in [-0.2, -0.15) is 0 Å². The molecule has 1 aromatic carbocycles. The van der Waals surface area contributed by atoms with Crippen LogP contribution >= 0.6 is 0 Å². The van der Waals surface area contributed by atoms with E-state index in [4.69, 9.17) is 9.47 Å². The predicted molar refractivity (Wildman–Crippen MR) is 76.6 cm³/mol. The topological polar surface area (TPSA) is 67.8 Å². The number of hydrogen-bond acceptors (Lipinski definition) is 4. The molecule has 1 atom stereocenters. The molecule has 21 heavy (non-hydrogen) atoms. The lowest BCUT2D eigenvalue weighted by Gasteiger charge is -2.23. The minimum Gasteiger partial charge on any atom is -0.490 e. The molecule has 0 spiro atoms. The van der Waals surface area contributed by atoms with Gasteiger partial charge in [0.25, 0.3) is 0 Å². The standard InChI is InChI=1S/C15H22FNO4/c1-15(19,8-10-20-2)11-17-14(18)7-9-21-13-6-4-3-5-12(13)16/h3-6,19H,7-11H2,1-2H3,(H,17,18). The van der Waals surface area contributed by atoms with Crippen LogP contribution in [0.2, 0.25) is 0 Å². The molecule has 118 valence electrons. The number of aliphatic hydroxyl groups is 1. The van der Waals surface area contributed by atoms with E-state index in [1.165, 1.54) is 12.1 Å². The molecule has 6 heteroatoms. The third-order valence-electron chi connectivity index (χ3n) is 2.93. The molecule has 0 aliphatic carbocycles. The molecule has 0 bridgehead atoms. The summed E-state index contributed by atoms with van der Waals surface area (Å²) in [5.41, 5.74) is -1.02. The Hall–Kier alpha value is -1.66. The van der Waals surface area contributed by atoms with Crippen LogP contribution in [0.25, 0.3) is 0 Å². The number of methoxy groups -OCH3 is 1. The van der Waals surface area contributed by atoms with Gasteiger partial charge in [-0.05, 0) is 19.1 Å². The Balaban J connectivity index is 2.24. The van der Waals surface area contributed by atoms with Crippen LogP contribution in [0.4, 0.5) is 4.39 Å². The number of benzene rings is 1. The van der Waals surface area contributed by atoms with Crippen molar-refractivity contribution in [1.82, 2.24) is 5.32 Å². The van der Waals surface area contributed by atoms with Crippen molar-refractivity contribution in [2.75, 3.05) is 26.9 Å². The molecule has 0 aromatic heterocycles. The van der Waals surface area contributed by atoms with Gasteiger partial charge in [0.15, 0.2) is 11.6 Å². The first-order valence-electron chi connectivity index (χ1n) is 6.80. The summed E-state index contributed by atoms with van der Waals surface area (Å²) in [6, 6.07) is 6.02. The van der Waals surface area contributed by atoms with Crippen LogP contribution in [-0.2, 0) is 9.53 Å². The number of amides is 1. The molecule has 0 aliphatic rings. The highest BCUT2D eigenvalue weighted by Crippen LogP contribution is 2.15. The molecule has 1 aromatic rings. The second kappa shape index (κ2) is 8.59. The Kier molecular flexibility index (Phi) is 7.11. The lowest BCUT2D eigenvalue weighted by molar-refractivity contribution is -0.122. The number of carbonyl (C=O) groups is 1. The molecule has 0 aliphatic heterocycles. The summed E-state index contributed by atoms with van der Waals surface area (Å²) < 4.78 is 23.3. The maximum Gasteiger partial charge on any atom is 0.223 e. The maximum absolute atomic E-state index is 13.3. The smallest absolute Gasteiger partial charge is 0.223 e. The van der Waals surface area contributed by atoms with Gasteiger partial charge in [-0.1, -0.05) is 12.1 Å². The maximum atomic E-state index is 13.3. The SMILES string of the molecule is COCCC(C)(O)CNC(=O)CCOc1ccccc1F. The van der Waals surface area contributed by atoms with Crippen molar-refractivity contribution in [3.05, 3.63) is 30.1 Å². The number of ether oxygens (including phenoxy) is 2. The number of para-hydroxylation sites is 1. The van der Waals surface area contributed by atoms with Gasteiger partial charge >= 0.3 is 0 Å². The zero-order chi connectivity index (χ0) is 15.7. The first-order valence-corrected chi connectivity index (χ1v) is 6.80. The number of nitrogens with one attached hydrogen (secondary N) is 1. The Morgan fingerprint density at radius 2 is 2.10 bits per heavy atom. The number of carbonyl (C=O) groups excluding carboxylic acids is 1. The molecule has 0 saturated heterocycles. The zero-order valence-corrected chi connectivity index (χ0v) is 12.4. The highest BCUT2D eigenvalue weighted by atomic mass is 19.1. The van der Waals surface area contributed by atoms with Gasteiger partial charge < -0.3 is 19.9 Å². The summed E-state index contributed by atoms with van der Waals surface area (Å²) in [4.78, 5) is 11.6. The highest BCUT2D eigenvalue weighted by molar-refractivity contribution is 5.76. The Bertz CT molecular complexity index is 451. The number of halogens is 1. The molecule has 0 fully saturated rings.